The number of amides is 1. The lowest BCUT2D eigenvalue weighted by Gasteiger charge is -2.28. The van der Waals surface area contributed by atoms with E-state index >= 15 is 0 Å². The Morgan fingerprint density at radius 1 is 1.47 bits per heavy atom. The van der Waals surface area contributed by atoms with E-state index in [4.69, 9.17) is 0 Å². The average Bonchev–Trinajstić information content (AvgIpc) is 2.23. The van der Waals surface area contributed by atoms with Gasteiger partial charge in [0.1, 0.15) is 0 Å². The van der Waals surface area contributed by atoms with Crippen LogP contribution in [-0.2, 0) is 4.79 Å². The van der Waals surface area contributed by atoms with Gasteiger partial charge in [0.15, 0.2) is 0 Å². The lowest BCUT2D eigenvalue weighted by atomic mass is 10.1. The molecular weight excluding hydrogens is 256 g/mol. The van der Waals surface area contributed by atoms with Gasteiger partial charge in [0, 0.05) is 23.2 Å². The molecule has 0 saturated carbocycles. The van der Waals surface area contributed by atoms with Crippen LogP contribution in [0.2, 0.25) is 0 Å². The van der Waals surface area contributed by atoms with Crippen LogP contribution in [0, 0.1) is 6.92 Å². The minimum absolute atomic E-state index is 0.141. The number of aryl methyl sites for hydroxylation is 1. The topological polar surface area (TPSA) is 32.3 Å². The number of nitrogens with zero attached hydrogens (tertiary/aromatic N) is 1. The van der Waals surface area contributed by atoms with E-state index in [2.05, 4.69) is 21.2 Å². The second-order valence-electron chi connectivity index (χ2n) is 3.65. The normalized spacial score (nSPS) is 16.9. The lowest BCUT2D eigenvalue weighted by Crippen LogP contribution is -2.48. The van der Waals surface area contributed by atoms with Crippen molar-refractivity contribution in [1.82, 2.24) is 5.32 Å². The van der Waals surface area contributed by atoms with Crippen LogP contribution < -0.4 is 10.2 Å². The minimum Gasteiger partial charge on any atom is -0.310 e. The maximum atomic E-state index is 11.7. The van der Waals surface area contributed by atoms with Crippen LogP contribution in [0.1, 0.15) is 5.56 Å². The zero-order valence-electron chi connectivity index (χ0n) is 8.59. The van der Waals surface area contributed by atoms with Gasteiger partial charge in [0.2, 0.25) is 5.91 Å². The zero-order valence-corrected chi connectivity index (χ0v) is 10.2. The molecule has 0 bridgehead atoms. The number of nitrogens with one attached hydrogen (secondary N) is 1. The van der Waals surface area contributed by atoms with Gasteiger partial charge in [-0.2, -0.15) is 0 Å². The summed E-state index contributed by atoms with van der Waals surface area (Å²) in [4.78, 5) is 13.6. The van der Waals surface area contributed by atoms with Crippen molar-refractivity contribution in [1.29, 1.82) is 0 Å². The molecule has 1 aliphatic heterocycles. The van der Waals surface area contributed by atoms with Gasteiger partial charge < -0.3 is 10.2 Å². The molecule has 1 aromatic rings. The summed E-state index contributed by atoms with van der Waals surface area (Å²) in [6, 6.07) is 6.01. The summed E-state index contributed by atoms with van der Waals surface area (Å²) in [6.45, 7) is 4.07. The fourth-order valence-electron chi connectivity index (χ4n) is 1.73. The van der Waals surface area contributed by atoms with Gasteiger partial charge >= 0.3 is 0 Å². The number of hydrogen-bond donors (Lipinski definition) is 1. The summed E-state index contributed by atoms with van der Waals surface area (Å²) in [6.07, 6.45) is 0. The van der Waals surface area contributed by atoms with Crippen molar-refractivity contribution < 1.29 is 4.79 Å². The number of anilines is 1. The van der Waals surface area contributed by atoms with Gasteiger partial charge in [-0.05, 0) is 24.6 Å². The summed E-state index contributed by atoms with van der Waals surface area (Å²) in [5, 5.41) is 3.07. The van der Waals surface area contributed by atoms with Crippen molar-refractivity contribution in [2.45, 2.75) is 6.92 Å². The van der Waals surface area contributed by atoms with Crippen LogP contribution in [0.4, 0.5) is 5.69 Å². The van der Waals surface area contributed by atoms with Crippen molar-refractivity contribution in [3.05, 3.63) is 28.2 Å². The highest BCUT2D eigenvalue weighted by Crippen LogP contribution is 2.25. The summed E-state index contributed by atoms with van der Waals surface area (Å²) < 4.78 is 1.01. The van der Waals surface area contributed by atoms with E-state index in [1.54, 1.807) is 0 Å². The van der Waals surface area contributed by atoms with E-state index in [1.165, 1.54) is 0 Å². The Bertz CT molecular complexity index is 392. The third-order valence-corrected chi connectivity index (χ3v) is 3.04. The smallest absolute Gasteiger partial charge is 0.240 e. The van der Waals surface area contributed by atoms with Crippen LogP contribution >= 0.6 is 15.9 Å². The molecule has 2 rings (SSSR count). The second-order valence-corrected chi connectivity index (χ2v) is 4.57. The number of carbonyl (C=O) groups is 1. The third-order valence-electron chi connectivity index (χ3n) is 2.55. The van der Waals surface area contributed by atoms with Crippen LogP contribution in [-0.4, -0.2) is 25.5 Å². The Kier molecular flexibility index (Phi) is 3.07. The van der Waals surface area contributed by atoms with E-state index in [1.807, 2.05) is 30.0 Å². The molecule has 1 N–H and O–H groups in total. The van der Waals surface area contributed by atoms with Gasteiger partial charge in [-0.15, -0.1) is 0 Å². The summed E-state index contributed by atoms with van der Waals surface area (Å²) in [7, 11) is 0. The second kappa shape index (κ2) is 4.33. The molecule has 80 valence electrons. The van der Waals surface area contributed by atoms with E-state index in [-0.39, 0.29) is 5.91 Å². The Morgan fingerprint density at radius 3 is 3.00 bits per heavy atom. The molecule has 0 unspecified atom stereocenters. The molecule has 1 fully saturated rings. The molecule has 1 aliphatic rings. The number of piperazine rings is 1. The first-order valence-electron chi connectivity index (χ1n) is 4.96. The molecule has 15 heavy (non-hydrogen) atoms. The van der Waals surface area contributed by atoms with Crippen molar-refractivity contribution in [3.8, 4) is 0 Å². The molecule has 1 heterocycles. The van der Waals surface area contributed by atoms with Gasteiger partial charge in [-0.25, -0.2) is 0 Å². The molecule has 1 amide bonds. The van der Waals surface area contributed by atoms with E-state index in [0.717, 1.165) is 28.8 Å². The molecule has 0 aromatic heterocycles. The van der Waals surface area contributed by atoms with Crippen LogP contribution in [0.3, 0.4) is 0 Å². The van der Waals surface area contributed by atoms with Crippen LogP contribution in [0.15, 0.2) is 22.7 Å². The number of halogens is 1. The lowest BCUT2D eigenvalue weighted by molar-refractivity contribution is -0.118. The fourth-order valence-corrected chi connectivity index (χ4v) is 2.08. The predicted octanol–water partition coefficient (Wildman–Crippen LogP) is 1.69. The number of rotatable bonds is 1. The van der Waals surface area contributed by atoms with Crippen molar-refractivity contribution in [2.75, 3.05) is 24.5 Å². The Balaban J connectivity index is 2.34. The molecule has 0 spiro atoms. The summed E-state index contributed by atoms with van der Waals surface area (Å²) in [5.41, 5.74) is 2.14. The van der Waals surface area contributed by atoms with Crippen molar-refractivity contribution in [2.24, 2.45) is 0 Å². The van der Waals surface area contributed by atoms with E-state index < -0.39 is 0 Å². The molecule has 0 atom stereocenters. The van der Waals surface area contributed by atoms with Gasteiger partial charge in [-0.1, -0.05) is 22.0 Å². The van der Waals surface area contributed by atoms with E-state index in [9.17, 15) is 4.79 Å². The maximum Gasteiger partial charge on any atom is 0.240 e. The molecule has 3 nitrogen and oxygen atoms in total. The molecule has 0 aliphatic carbocycles. The molecular formula is C11H13BrN2O. The van der Waals surface area contributed by atoms with Gasteiger partial charge in [0.05, 0.1) is 6.54 Å². The first-order chi connectivity index (χ1) is 7.18. The molecule has 1 aromatic carbocycles. The monoisotopic (exact) mass is 268 g/mol. The summed E-state index contributed by atoms with van der Waals surface area (Å²) >= 11 is 3.43. The number of hydrogen-bond acceptors (Lipinski definition) is 2. The number of carbonyl (C=O) groups excluding carboxylic acids is 1. The molecule has 4 heteroatoms. The first-order valence-corrected chi connectivity index (χ1v) is 5.75. The van der Waals surface area contributed by atoms with E-state index in [0.29, 0.717) is 6.54 Å². The Morgan fingerprint density at radius 2 is 2.27 bits per heavy atom. The predicted molar refractivity (Wildman–Crippen MR) is 64.1 cm³/mol. The fraction of sp³-hybridized carbons (Fsp3) is 0.364. The third kappa shape index (κ3) is 2.21. The highest BCUT2D eigenvalue weighted by Gasteiger charge is 2.20. The minimum atomic E-state index is 0.141. The Hall–Kier alpha value is -0.870. The first kappa shape index (κ1) is 10.6. The largest absolute Gasteiger partial charge is 0.310 e. The molecule has 1 saturated heterocycles. The number of benzene rings is 1. The Labute approximate surface area is 97.6 Å². The zero-order chi connectivity index (χ0) is 10.8. The van der Waals surface area contributed by atoms with Gasteiger partial charge in [0.25, 0.3) is 0 Å². The van der Waals surface area contributed by atoms with Crippen molar-refractivity contribution in [3.63, 3.8) is 0 Å². The SMILES string of the molecule is Cc1ccc(Br)cc1N1CCNCC1=O. The average molecular weight is 269 g/mol. The maximum absolute atomic E-state index is 11.7. The molecule has 0 radical (unpaired) electrons. The van der Waals surface area contributed by atoms with Crippen LogP contribution in [0.25, 0.3) is 0 Å². The highest BCUT2D eigenvalue weighted by atomic mass is 79.9. The van der Waals surface area contributed by atoms with Crippen molar-refractivity contribution >= 4 is 27.5 Å². The standard InChI is InChI=1S/C11H13BrN2O/c1-8-2-3-9(12)6-10(8)14-5-4-13-7-11(14)15/h2-3,6,13H,4-5,7H2,1H3. The quantitative estimate of drug-likeness (QED) is 0.841. The highest BCUT2D eigenvalue weighted by molar-refractivity contribution is 9.10. The van der Waals surface area contributed by atoms with Crippen LogP contribution in [0.5, 0.6) is 0 Å². The summed E-state index contributed by atoms with van der Waals surface area (Å²) in [5.74, 6) is 0.141. The van der Waals surface area contributed by atoms with Gasteiger partial charge in [-0.3, -0.25) is 4.79 Å².